The number of aromatic carboxylic acids is 1. The van der Waals surface area contributed by atoms with Crippen LogP contribution in [0.2, 0.25) is 0 Å². The fourth-order valence-electron chi connectivity index (χ4n) is 4.02. The number of aryl methyl sites for hydroxylation is 1. The molecule has 1 aromatic heterocycles. The van der Waals surface area contributed by atoms with Crippen molar-refractivity contribution in [1.29, 1.82) is 0 Å². The van der Waals surface area contributed by atoms with Gasteiger partial charge in [-0.1, -0.05) is 18.2 Å². The molecule has 4 rings (SSSR count). The van der Waals surface area contributed by atoms with E-state index in [1.54, 1.807) is 18.3 Å². The van der Waals surface area contributed by atoms with Crippen LogP contribution in [0.25, 0.3) is 0 Å². The van der Waals surface area contributed by atoms with Gasteiger partial charge in [0.2, 0.25) is 0 Å². The second-order valence-corrected chi connectivity index (χ2v) is 6.81. The molecule has 2 aliphatic rings. The van der Waals surface area contributed by atoms with Gasteiger partial charge in [0.1, 0.15) is 0 Å². The molecular formula is C19H21N3O3. The average molecular weight is 339 g/mol. The number of amides is 1. The summed E-state index contributed by atoms with van der Waals surface area (Å²) in [5, 5.41) is 13.7. The van der Waals surface area contributed by atoms with Crippen molar-refractivity contribution in [1.82, 2.24) is 14.7 Å². The molecule has 0 spiro atoms. The first-order valence-electron chi connectivity index (χ1n) is 8.81. The first-order valence-corrected chi connectivity index (χ1v) is 8.81. The maximum atomic E-state index is 12.9. The molecule has 25 heavy (non-hydrogen) atoms. The highest BCUT2D eigenvalue weighted by atomic mass is 16.4. The molecule has 0 saturated carbocycles. The van der Waals surface area contributed by atoms with Crippen molar-refractivity contribution in [3.05, 3.63) is 52.8 Å². The van der Waals surface area contributed by atoms with E-state index in [0.717, 1.165) is 43.5 Å². The number of carboxylic acid groups (broad SMARTS) is 1. The average Bonchev–Trinajstić information content (AvgIpc) is 3.28. The Bertz CT molecular complexity index is 827. The lowest BCUT2D eigenvalue weighted by Crippen LogP contribution is -2.29. The van der Waals surface area contributed by atoms with Crippen molar-refractivity contribution in [2.45, 2.75) is 38.1 Å². The SMILES string of the molecule is O=C(O)c1ccccc1C1CCN(C(=O)c2cnn3c2CCCC3)C1. The monoisotopic (exact) mass is 339 g/mol. The number of hydrogen-bond acceptors (Lipinski definition) is 3. The number of aromatic nitrogens is 2. The number of nitrogens with zero attached hydrogens (tertiary/aromatic N) is 3. The summed E-state index contributed by atoms with van der Waals surface area (Å²) >= 11 is 0. The number of hydrogen-bond donors (Lipinski definition) is 1. The predicted molar refractivity (Wildman–Crippen MR) is 91.8 cm³/mol. The molecule has 6 nitrogen and oxygen atoms in total. The fourth-order valence-corrected chi connectivity index (χ4v) is 4.02. The molecule has 1 amide bonds. The zero-order valence-corrected chi connectivity index (χ0v) is 14.0. The van der Waals surface area contributed by atoms with Crippen LogP contribution in [0.5, 0.6) is 0 Å². The second kappa shape index (κ2) is 6.35. The largest absolute Gasteiger partial charge is 0.478 e. The van der Waals surface area contributed by atoms with Crippen LogP contribution in [0.4, 0.5) is 0 Å². The van der Waals surface area contributed by atoms with Crippen LogP contribution in [-0.2, 0) is 13.0 Å². The zero-order chi connectivity index (χ0) is 17.4. The van der Waals surface area contributed by atoms with Crippen LogP contribution < -0.4 is 0 Å². The van der Waals surface area contributed by atoms with Crippen LogP contribution in [0, 0.1) is 0 Å². The molecule has 3 heterocycles. The summed E-state index contributed by atoms with van der Waals surface area (Å²) in [7, 11) is 0. The lowest BCUT2D eigenvalue weighted by molar-refractivity contribution is 0.0695. The van der Waals surface area contributed by atoms with Crippen molar-refractivity contribution in [2.75, 3.05) is 13.1 Å². The first kappa shape index (κ1) is 15.9. The van der Waals surface area contributed by atoms with E-state index in [2.05, 4.69) is 5.10 Å². The number of likely N-dealkylation sites (tertiary alicyclic amines) is 1. The lowest BCUT2D eigenvalue weighted by atomic mass is 9.93. The minimum atomic E-state index is -0.911. The Morgan fingerprint density at radius 1 is 1.12 bits per heavy atom. The molecular weight excluding hydrogens is 318 g/mol. The molecule has 0 radical (unpaired) electrons. The number of carboxylic acids is 1. The van der Waals surface area contributed by atoms with E-state index in [4.69, 9.17) is 0 Å². The van der Waals surface area contributed by atoms with Gasteiger partial charge in [-0.3, -0.25) is 9.48 Å². The molecule has 130 valence electrons. The zero-order valence-electron chi connectivity index (χ0n) is 14.0. The van der Waals surface area contributed by atoms with Gasteiger partial charge in [0.05, 0.1) is 23.0 Å². The summed E-state index contributed by atoms with van der Waals surface area (Å²) in [5.74, 6) is -0.813. The lowest BCUT2D eigenvalue weighted by Gasteiger charge is -2.19. The minimum Gasteiger partial charge on any atom is -0.478 e. The van der Waals surface area contributed by atoms with Crippen molar-refractivity contribution >= 4 is 11.9 Å². The van der Waals surface area contributed by atoms with E-state index in [1.165, 1.54) is 0 Å². The standard InChI is InChI=1S/C19H21N3O3/c23-18(16-11-20-22-9-4-3-7-17(16)22)21-10-8-13(12-21)14-5-1-2-6-15(14)19(24)25/h1-2,5-6,11,13H,3-4,7-10,12H2,(H,24,25). The van der Waals surface area contributed by atoms with E-state index in [1.807, 2.05) is 21.7 Å². The number of benzene rings is 1. The Balaban J connectivity index is 1.54. The minimum absolute atomic E-state index is 0.0263. The Kier molecular flexibility index (Phi) is 4.03. The summed E-state index contributed by atoms with van der Waals surface area (Å²) in [6, 6.07) is 7.10. The van der Waals surface area contributed by atoms with Crippen molar-refractivity contribution in [3.63, 3.8) is 0 Å². The van der Waals surface area contributed by atoms with Gasteiger partial charge in [0, 0.05) is 25.6 Å². The van der Waals surface area contributed by atoms with Crippen LogP contribution in [0.3, 0.4) is 0 Å². The molecule has 1 unspecified atom stereocenters. The van der Waals surface area contributed by atoms with Gasteiger partial charge in [0.25, 0.3) is 5.91 Å². The van der Waals surface area contributed by atoms with Gasteiger partial charge < -0.3 is 10.0 Å². The summed E-state index contributed by atoms with van der Waals surface area (Å²) in [6.45, 7) is 2.10. The smallest absolute Gasteiger partial charge is 0.335 e. The molecule has 2 aliphatic heterocycles. The maximum Gasteiger partial charge on any atom is 0.335 e. The van der Waals surface area contributed by atoms with Gasteiger partial charge in [-0.05, 0) is 37.3 Å². The molecule has 1 saturated heterocycles. The van der Waals surface area contributed by atoms with E-state index in [9.17, 15) is 14.7 Å². The normalized spacial score (nSPS) is 19.7. The Morgan fingerprint density at radius 2 is 1.96 bits per heavy atom. The van der Waals surface area contributed by atoms with Gasteiger partial charge in [-0.2, -0.15) is 5.10 Å². The number of rotatable bonds is 3. The highest BCUT2D eigenvalue weighted by Crippen LogP contribution is 2.31. The molecule has 2 aromatic rings. The topological polar surface area (TPSA) is 75.4 Å². The van der Waals surface area contributed by atoms with Crippen molar-refractivity contribution in [2.24, 2.45) is 0 Å². The molecule has 1 fully saturated rings. The van der Waals surface area contributed by atoms with Gasteiger partial charge in [-0.25, -0.2) is 4.79 Å². The predicted octanol–water partition coefficient (Wildman–Crippen LogP) is 2.55. The summed E-state index contributed by atoms with van der Waals surface area (Å²) in [5.41, 5.74) is 2.92. The molecule has 6 heteroatoms. The van der Waals surface area contributed by atoms with E-state index < -0.39 is 5.97 Å². The first-order chi connectivity index (χ1) is 12.1. The Morgan fingerprint density at radius 3 is 2.80 bits per heavy atom. The summed E-state index contributed by atoms with van der Waals surface area (Å²) in [6.07, 6.45) is 5.60. The number of fused-ring (bicyclic) bond motifs is 1. The molecule has 0 bridgehead atoms. The third kappa shape index (κ3) is 2.81. The molecule has 1 atom stereocenters. The Hall–Kier alpha value is -2.63. The highest BCUT2D eigenvalue weighted by Gasteiger charge is 2.32. The van der Waals surface area contributed by atoms with E-state index >= 15 is 0 Å². The fraction of sp³-hybridized carbons (Fsp3) is 0.421. The molecule has 0 aliphatic carbocycles. The maximum absolute atomic E-state index is 12.9. The third-order valence-electron chi connectivity index (χ3n) is 5.32. The van der Waals surface area contributed by atoms with Crippen molar-refractivity contribution in [3.8, 4) is 0 Å². The summed E-state index contributed by atoms with van der Waals surface area (Å²) < 4.78 is 1.95. The van der Waals surface area contributed by atoms with E-state index in [0.29, 0.717) is 24.2 Å². The quantitative estimate of drug-likeness (QED) is 0.932. The highest BCUT2D eigenvalue weighted by molar-refractivity contribution is 5.95. The van der Waals surface area contributed by atoms with Gasteiger partial charge in [-0.15, -0.1) is 0 Å². The van der Waals surface area contributed by atoms with Crippen LogP contribution in [0.15, 0.2) is 30.5 Å². The second-order valence-electron chi connectivity index (χ2n) is 6.81. The van der Waals surface area contributed by atoms with Gasteiger partial charge >= 0.3 is 5.97 Å². The van der Waals surface area contributed by atoms with Gasteiger partial charge in [0.15, 0.2) is 0 Å². The van der Waals surface area contributed by atoms with Crippen LogP contribution in [0.1, 0.15) is 57.2 Å². The summed E-state index contributed by atoms with van der Waals surface area (Å²) in [4.78, 5) is 26.2. The molecule has 1 aromatic carbocycles. The Labute approximate surface area is 146 Å². The third-order valence-corrected chi connectivity index (χ3v) is 5.32. The molecule has 1 N–H and O–H groups in total. The van der Waals surface area contributed by atoms with Crippen LogP contribution in [-0.4, -0.2) is 44.8 Å². The van der Waals surface area contributed by atoms with Crippen molar-refractivity contribution < 1.29 is 14.7 Å². The van der Waals surface area contributed by atoms with Crippen LogP contribution >= 0.6 is 0 Å². The number of carbonyl (C=O) groups excluding carboxylic acids is 1. The number of carbonyl (C=O) groups is 2. The van der Waals surface area contributed by atoms with E-state index in [-0.39, 0.29) is 11.8 Å².